The fourth-order valence-electron chi connectivity index (χ4n) is 5.14. The number of fused-ring (bicyclic) bond motifs is 5. The molecule has 0 unspecified atom stereocenters. The topological polar surface area (TPSA) is 31.0 Å². The molecule has 2 aromatic heterocycles. The van der Waals surface area contributed by atoms with Gasteiger partial charge in [0.2, 0.25) is 0 Å². The van der Waals surface area contributed by atoms with Crippen molar-refractivity contribution in [2.24, 2.45) is 0 Å². The van der Waals surface area contributed by atoms with Crippen LogP contribution in [-0.2, 0) is 10.8 Å². The van der Waals surface area contributed by atoms with E-state index in [1.165, 1.54) is 40.3 Å². The quantitative estimate of drug-likeness (QED) is 0.392. The van der Waals surface area contributed by atoms with Gasteiger partial charge in [0.05, 0.1) is 0 Å². The third kappa shape index (κ3) is 2.17. The summed E-state index contributed by atoms with van der Waals surface area (Å²) in [7, 11) is 0. The molecule has 0 radical (unpaired) electrons. The maximum atomic E-state index is 6.45. The van der Waals surface area contributed by atoms with Crippen LogP contribution in [0.3, 0.4) is 0 Å². The van der Waals surface area contributed by atoms with Crippen molar-refractivity contribution >= 4 is 21.9 Å². The van der Waals surface area contributed by atoms with Gasteiger partial charge >= 0.3 is 0 Å². The third-order valence-corrected chi connectivity index (χ3v) is 6.50. The maximum absolute atomic E-state index is 6.45. The molecule has 4 aromatic rings. The van der Waals surface area contributed by atoms with Crippen molar-refractivity contribution in [2.75, 3.05) is 0 Å². The van der Waals surface area contributed by atoms with Gasteiger partial charge < -0.3 is 4.42 Å². The zero-order chi connectivity index (χ0) is 19.0. The summed E-state index contributed by atoms with van der Waals surface area (Å²) in [5.41, 5.74) is 7.46. The first-order valence-electron chi connectivity index (χ1n) is 9.80. The summed E-state index contributed by atoms with van der Waals surface area (Å²) in [6.45, 7) is 11.8. The Bertz CT molecular complexity index is 1180. The summed E-state index contributed by atoms with van der Waals surface area (Å²) in [4.78, 5) is 0. The Morgan fingerprint density at radius 1 is 0.963 bits per heavy atom. The highest BCUT2D eigenvalue weighted by molar-refractivity contribution is 6.11. The Morgan fingerprint density at radius 2 is 1.67 bits per heavy atom. The second-order valence-electron chi connectivity index (χ2n) is 9.24. The Kier molecular flexibility index (Phi) is 3.23. The van der Waals surface area contributed by atoms with Crippen LogP contribution in [0.15, 0.2) is 47.1 Å². The number of aromatic nitrogens is 2. The summed E-state index contributed by atoms with van der Waals surface area (Å²) >= 11 is 0. The Labute approximate surface area is 160 Å². The molecule has 0 fully saturated rings. The first kappa shape index (κ1) is 16.6. The van der Waals surface area contributed by atoms with Crippen LogP contribution in [0.4, 0.5) is 0 Å². The monoisotopic (exact) mass is 358 g/mol. The van der Waals surface area contributed by atoms with E-state index in [0.717, 1.165) is 16.9 Å². The lowest BCUT2D eigenvalue weighted by molar-refractivity contribution is 0.333. The fraction of sp³-hybridized carbons (Fsp3) is 0.375. The number of nitrogens with zero attached hydrogens (tertiary/aromatic N) is 2. The molecule has 0 saturated carbocycles. The van der Waals surface area contributed by atoms with Gasteiger partial charge in [-0.3, -0.25) is 0 Å². The van der Waals surface area contributed by atoms with E-state index in [2.05, 4.69) is 57.9 Å². The van der Waals surface area contributed by atoms with Crippen molar-refractivity contribution in [2.45, 2.75) is 58.3 Å². The van der Waals surface area contributed by atoms with Gasteiger partial charge in [0.25, 0.3) is 0 Å². The second kappa shape index (κ2) is 5.25. The lowest BCUT2D eigenvalue weighted by atomic mass is 9.61. The average molecular weight is 358 g/mol. The SMILES string of the molecule is Cc1c2c(c3c(oc4ccccc43)c1-n1cccn1)C(C)(C)CCC2(C)C. The smallest absolute Gasteiger partial charge is 0.161 e. The number of furan rings is 1. The molecule has 0 saturated heterocycles. The maximum Gasteiger partial charge on any atom is 0.161 e. The Morgan fingerprint density at radius 3 is 2.37 bits per heavy atom. The zero-order valence-corrected chi connectivity index (χ0v) is 16.8. The van der Waals surface area contributed by atoms with Crippen LogP contribution in [0, 0.1) is 6.92 Å². The molecule has 0 spiro atoms. The molecule has 27 heavy (non-hydrogen) atoms. The van der Waals surface area contributed by atoms with Crippen LogP contribution in [0.5, 0.6) is 0 Å². The second-order valence-corrected chi connectivity index (χ2v) is 9.24. The molecule has 1 aliphatic rings. The van der Waals surface area contributed by atoms with Crippen molar-refractivity contribution in [1.29, 1.82) is 0 Å². The van der Waals surface area contributed by atoms with Gasteiger partial charge in [0.15, 0.2) is 5.58 Å². The minimum Gasteiger partial charge on any atom is -0.454 e. The van der Waals surface area contributed by atoms with E-state index in [0.29, 0.717) is 0 Å². The third-order valence-electron chi connectivity index (χ3n) is 6.50. The van der Waals surface area contributed by atoms with Crippen LogP contribution in [0.25, 0.3) is 27.6 Å². The summed E-state index contributed by atoms with van der Waals surface area (Å²) < 4.78 is 8.43. The molecule has 3 nitrogen and oxygen atoms in total. The molecule has 5 rings (SSSR count). The van der Waals surface area contributed by atoms with E-state index in [9.17, 15) is 0 Å². The highest BCUT2D eigenvalue weighted by Crippen LogP contribution is 2.53. The van der Waals surface area contributed by atoms with Gasteiger partial charge in [0.1, 0.15) is 11.3 Å². The number of para-hydroxylation sites is 1. The van der Waals surface area contributed by atoms with Crippen molar-refractivity contribution in [3.8, 4) is 5.69 Å². The standard InChI is InChI=1S/C24H26N2O/c1-15-19-20(24(4,5)12-11-23(19,2)3)18-16-9-6-7-10-17(16)27-22(18)21(15)26-14-8-13-25-26/h6-10,13-14H,11-12H2,1-5H3. The molecule has 0 bridgehead atoms. The number of rotatable bonds is 1. The lowest BCUT2D eigenvalue weighted by Crippen LogP contribution is -2.35. The fourth-order valence-corrected chi connectivity index (χ4v) is 5.14. The molecular formula is C24H26N2O. The first-order valence-corrected chi connectivity index (χ1v) is 9.80. The molecular weight excluding hydrogens is 332 g/mol. The average Bonchev–Trinajstić information content (AvgIpc) is 3.25. The largest absolute Gasteiger partial charge is 0.454 e. The van der Waals surface area contributed by atoms with Crippen molar-refractivity contribution in [1.82, 2.24) is 9.78 Å². The van der Waals surface area contributed by atoms with Gasteiger partial charge in [-0.1, -0.05) is 45.9 Å². The van der Waals surface area contributed by atoms with Gasteiger partial charge in [-0.05, 0) is 59.4 Å². The number of hydrogen-bond acceptors (Lipinski definition) is 2. The predicted octanol–water partition coefficient (Wildman–Crippen LogP) is 6.43. The van der Waals surface area contributed by atoms with E-state index in [4.69, 9.17) is 4.42 Å². The first-order chi connectivity index (χ1) is 12.8. The van der Waals surface area contributed by atoms with E-state index in [1.807, 2.05) is 29.2 Å². The lowest BCUT2D eigenvalue weighted by Gasteiger charge is -2.43. The summed E-state index contributed by atoms with van der Waals surface area (Å²) in [6, 6.07) is 10.4. The van der Waals surface area contributed by atoms with Gasteiger partial charge in [-0.2, -0.15) is 5.10 Å². The predicted molar refractivity (Wildman–Crippen MR) is 111 cm³/mol. The number of hydrogen-bond donors (Lipinski definition) is 0. The van der Waals surface area contributed by atoms with Crippen molar-refractivity contribution < 1.29 is 4.42 Å². The van der Waals surface area contributed by atoms with Gasteiger partial charge in [-0.15, -0.1) is 0 Å². The molecule has 0 N–H and O–H groups in total. The van der Waals surface area contributed by atoms with E-state index in [1.54, 1.807) is 0 Å². The van der Waals surface area contributed by atoms with Crippen LogP contribution < -0.4 is 0 Å². The normalized spacial score (nSPS) is 18.1. The van der Waals surface area contributed by atoms with Gasteiger partial charge in [0, 0.05) is 23.2 Å². The molecule has 0 aliphatic heterocycles. The van der Waals surface area contributed by atoms with Crippen LogP contribution >= 0.6 is 0 Å². The van der Waals surface area contributed by atoms with Crippen LogP contribution in [0.1, 0.15) is 57.2 Å². The summed E-state index contributed by atoms with van der Waals surface area (Å²) in [5.74, 6) is 0. The summed E-state index contributed by atoms with van der Waals surface area (Å²) in [6.07, 6.45) is 6.22. The van der Waals surface area contributed by atoms with Crippen molar-refractivity contribution in [3.05, 3.63) is 59.4 Å². The molecule has 2 heterocycles. The molecule has 138 valence electrons. The highest BCUT2D eigenvalue weighted by Gasteiger charge is 2.41. The zero-order valence-electron chi connectivity index (χ0n) is 16.8. The molecule has 0 atom stereocenters. The molecule has 3 heteroatoms. The van der Waals surface area contributed by atoms with Crippen molar-refractivity contribution in [3.63, 3.8) is 0 Å². The van der Waals surface area contributed by atoms with Gasteiger partial charge in [-0.25, -0.2) is 4.68 Å². The number of benzene rings is 2. The minimum absolute atomic E-state index is 0.114. The molecule has 1 aliphatic carbocycles. The van der Waals surface area contributed by atoms with E-state index < -0.39 is 0 Å². The van der Waals surface area contributed by atoms with Crippen LogP contribution in [0.2, 0.25) is 0 Å². The Hall–Kier alpha value is -2.55. The van der Waals surface area contributed by atoms with E-state index >= 15 is 0 Å². The molecule has 0 amide bonds. The Balaban J connectivity index is 2.09. The minimum atomic E-state index is 0.114. The van der Waals surface area contributed by atoms with Crippen LogP contribution in [-0.4, -0.2) is 9.78 Å². The van der Waals surface area contributed by atoms with E-state index in [-0.39, 0.29) is 10.8 Å². The summed E-state index contributed by atoms with van der Waals surface area (Å²) in [5, 5.41) is 7.04. The highest BCUT2D eigenvalue weighted by atomic mass is 16.3. The molecule has 2 aromatic carbocycles.